The molecule has 3 heterocycles. The number of alkyl halides is 3. The van der Waals surface area contributed by atoms with E-state index in [-0.39, 0.29) is 48.1 Å². The number of hydrogen-bond donors (Lipinski definition) is 2. The molecule has 2 N–H and O–H groups in total. The second kappa shape index (κ2) is 11.3. The van der Waals surface area contributed by atoms with Crippen molar-refractivity contribution >= 4 is 21.8 Å². The first-order valence-corrected chi connectivity index (χ1v) is 16.4. The number of nitrogens with zero attached hydrogens (tertiary/aromatic N) is 3. The number of benzene rings is 2. The van der Waals surface area contributed by atoms with Crippen molar-refractivity contribution in [3.05, 3.63) is 64.8 Å². The number of halogens is 3. The van der Waals surface area contributed by atoms with Crippen LogP contribution in [-0.4, -0.2) is 65.3 Å². The Bertz CT molecular complexity index is 1760. The molecule has 1 aliphatic carbocycles. The molecule has 0 spiro atoms. The molecule has 0 radical (unpaired) electrons. The number of urea groups is 1. The summed E-state index contributed by atoms with van der Waals surface area (Å²) in [5.41, 5.74) is 2.68. The number of sulfone groups is 1. The molecule has 1 aromatic heterocycles. The number of aromatic nitrogens is 2. The molecule has 2 aromatic carbocycles. The third-order valence-electron chi connectivity index (χ3n) is 8.53. The van der Waals surface area contributed by atoms with Crippen LogP contribution >= 0.6 is 0 Å². The van der Waals surface area contributed by atoms with Gasteiger partial charge in [-0.25, -0.2) is 13.2 Å². The Morgan fingerprint density at radius 2 is 2.00 bits per heavy atom. The summed E-state index contributed by atoms with van der Waals surface area (Å²) >= 11 is 0. The van der Waals surface area contributed by atoms with Crippen molar-refractivity contribution in [1.29, 1.82) is 0 Å². The number of amides is 3. The van der Waals surface area contributed by atoms with Gasteiger partial charge < -0.3 is 24.8 Å². The monoisotopic (exact) mass is 647 g/mol. The zero-order valence-electron chi connectivity index (χ0n) is 24.6. The van der Waals surface area contributed by atoms with Gasteiger partial charge in [-0.05, 0) is 73.1 Å². The minimum absolute atomic E-state index is 0.00485. The van der Waals surface area contributed by atoms with E-state index in [1.54, 1.807) is 36.9 Å². The Kier molecular flexibility index (Phi) is 7.78. The fourth-order valence-corrected chi connectivity index (χ4v) is 8.29. The Hall–Kier alpha value is -4.14. The van der Waals surface area contributed by atoms with Crippen LogP contribution in [0.25, 0.3) is 11.1 Å². The van der Waals surface area contributed by atoms with Gasteiger partial charge in [-0.2, -0.15) is 4.98 Å². The fraction of sp³-hybridized carbons (Fsp3) is 0.467. The maximum Gasteiger partial charge on any atom is 0.573 e. The zero-order valence-corrected chi connectivity index (χ0v) is 25.4. The SMILES string of the molecule is Cc1noc([C@@H]2C[C@H]2C(=O)NCc2ccc(-c3cccc(OC(F)(F)F)c3)c3c2CN(C(=O)NC2(C)CCS(=O)(=O)C2)CC3)n1. The lowest BCUT2D eigenvalue weighted by molar-refractivity contribution is -0.274. The van der Waals surface area contributed by atoms with Gasteiger partial charge in [-0.15, -0.1) is 13.2 Å². The summed E-state index contributed by atoms with van der Waals surface area (Å²) in [7, 11) is -3.24. The van der Waals surface area contributed by atoms with Crippen molar-refractivity contribution < 1.29 is 40.4 Å². The lowest BCUT2D eigenvalue weighted by atomic mass is 9.87. The highest BCUT2D eigenvalue weighted by atomic mass is 32.2. The summed E-state index contributed by atoms with van der Waals surface area (Å²) < 4.78 is 72.3. The van der Waals surface area contributed by atoms with Gasteiger partial charge in [0.1, 0.15) is 5.75 Å². The smallest absolute Gasteiger partial charge is 0.406 e. The van der Waals surface area contributed by atoms with E-state index in [0.717, 1.165) is 16.7 Å². The molecule has 6 rings (SSSR count). The van der Waals surface area contributed by atoms with E-state index >= 15 is 0 Å². The third kappa shape index (κ3) is 6.92. The van der Waals surface area contributed by atoms with Crippen LogP contribution in [0.1, 0.15) is 54.1 Å². The molecular formula is C30H32F3N5O6S. The highest BCUT2D eigenvalue weighted by Crippen LogP contribution is 2.47. The molecule has 0 bridgehead atoms. The molecule has 45 heavy (non-hydrogen) atoms. The summed E-state index contributed by atoms with van der Waals surface area (Å²) in [6.45, 7) is 4.04. The van der Waals surface area contributed by atoms with Gasteiger partial charge in [-0.3, -0.25) is 4.79 Å². The largest absolute Gasteiger partial charge is 0.573 e. The van der Waals surface area contributed by atoms with E-state index < -0.39 is 27.8 Å². The number of hydrogen-bond acceptors (Lipinski definition) is 8. The fourth-order valence-electron chi connectivity index (χ4n) is 6.19. The first kappa shape index (κ1) is 30.9. The molecule has 3 aromatic rings. The standard InChI is InChI=1S/C30H32F3N5O6S/c1-17-35-27(44-37-17)24-13-23(24)26(39)34-14-19-6-7-21(18-4-3-5-20(12-18)43-30(31,32)33)22-8-10-38(15-25(19)22)28(40)36-29(2)9-11-45(41,42)16-29/h3-7,12,23-24H,8-11,13-16H2,1-2H3,(H,34,39)(H,36,40)/t23-,24-,29?/m1/s1. The van der Waals surface area contributed by atoms with Crippen LogP contribution in [0.5, 0.6) is 5.75 Å². The minimum atomic E-state index is -4.84. The highest BCUT2D eigenvalue weighted by molar-refractivity contribution is 7.91. The van der Waals surface area contributed by atoms with Crippen molar-refractivity contribution in [3.63, 3.8) is 0 Å². The number of fused-ring (bicyclic) bond motifs is 1. The van der Waals surface area contributed by atoms with Crippen molar-refractivity contribution in [3.8, 4) is 16.9 Å². The molecule has 1 saturated heterocycles. The number of carbonyl (C=O) groups is 2. The Morgan fingerprint density at radius 3 is 2.69 bits per heavy atom. The Labute approximate surface area is 257 Å². The van der Waals surface area contributed by atoms with Crippen molar-refractivity contribution in [2.24, 2.45) is 5.92 Å². The molecule has 15 heteroatoms. The lowest BCUT2D eigenvalue weighted by Gasteiger charge is -2.35. The van der Waals surface area contributed by atoms with Crippen LogP contribution in [0, 0.1) is 12.8 Å². The number of aryl methyl sites for hydroxylation is 1. The number of nitrogens with one attached hydrogen (secondary N) is 2. The van der Waals surface area contributed by atoms with E-state index in [0.29, 0.717) is 48.6 Å². The Balaban J connectivity index is 1.24. The first-order valence-electron chi connectivity index (χ1n) is 14.5. The molecule has 3 amide bonds. The van der Waals surface area contributed by atoms with Crippen LogP contribution < -0.4 is 15.4 Å². The van der Waals surface area contributed by atoms with Crippen molar-refractivity contribution in [2.75, 3.05) is 18.1 Å². The molecule has 3 atom stereocenters. The molecule has 1 unspecified atom stereocenters. The van der Waals surface area contributed by atoms with Gasteiger partial charge in [0.2, 0.25) is 11.8 Å². The molecular weight excluding hydrogens is 615 g/mol. The summed E-state index contributed by atoms with van der Waals surface area (Å²) in [5.74, 6) is -0.185. The van der Waals surface area contributed by atoms with E-state index in [1.807, 2.05) is 0 Å². The van der Waals surface area contributed by atoms with Gasteiger partial charge in [0.05, 0.1) is 28.9 Å². The number of rotatable bonds is 7. The maximum atomic E-state index is 13.4. The van der Waals surface area contributed by atoms with Crippen molar-refractivity contribution in [2.45, 2.75) is 64.0 Å². The molecule has 3 aliphatic rings. The molecule has 1 saturated carbocycles. The van der Waals surface area contributed by atoms with Gasteiger partial charge in [-0.1, -0.05) is 29.4 Å². The van der Waals surface area contributed by atoms with E-state index in [1.165, 1.54) is 18.2 Å². The Morgan fingerprint density at radius 1 is 1.20 bits per heavy atom. The predicted molar refractivity (Wildman–Crippen MR) is 155 cm³/mol. The first-order chi connectivity index (χ1) is 21.2. The van der Waals surface area contributed by atoms with Crippen LogP contribution in [0.15, 0.2) is 40.9 Å². The third-order valence-corrected chi connectivity index (χ3v) is 10.4. The van der Waals surface area contributed by atoms with Crippen LogP contribution in [0.2, 0.25) is 0 Å². The topological polar surface area (TPSA) is 144 Å². The summed E-state index contributed by atoms with van der Waals surface area (Å²) in [6, 6.07) is 8.90. The average Bonchev–Trinajstić information content (AvgIpc) is 3.57. The lowest BCUT2D eigenvalue weighted by Crippen LogP contribution is -2.53. The summed E-state index contributed by atoms with van der Waals surface area (Å²) in [5, 5.41) is 9.65. The van der Waals surface area contributed by atoms with E-state index in [4.69, 9.17) is 4.52 Å². The van der Waals surface area contributed by atoms with Gasteiger partial charge in [0.15, 0.2) is 15.7 Å². The van der Waals surface area contributed by atoms with Crippen molar-refractivity contribution in [1.82, 2.24) is 25.7 Å². The van der Waals surface area contributed by atoms with Crippen LogP contribution in [-0.2, 0) is 34.1 Å². The maximum absolute atomic E-state index is 13.4. The molecule has 11 nitrogen and oxygen atoms in total. The number of ether oxygens (including phenoxy) is 1. The highest BCUT2D eigenvalue weighted by Gasteiger charge is 2.47. The normalized spacial score (nSPS) is 23.7. The molecule has 240 valence electrons. The number of carbonyl (C=O) groups excluding carboxylic acids is 2. The second-order valence-electron chi connectivity index (χ2n) is 12.2. The van der Waals surface area contributed by atoms with Gasteiger partial charge >= 0.3 is 12.4 Å². The van der Waals surface area contributed by atoms with Crippen LogP contribution in [0.4, 0.5) is 18.0 Å². The van der Waals surface area contributed by atoms with E-state index in [9.17, 15) is 31.2 Å². The molecule has 2 fully saturated rings. The van der Waals surface area contributed by atoms with Gasteiger partial charge in [0, 0.05) is 19.6 Å². The second-order valence-corrected chi connectivity index (χ2v) is 14.3. The average molecular weight is 648 g/mol. The summed E-state index contributed by atoms with van der Waals surface area (Å²) in [4.78, 5) is 32.2. The minimum Gasteiger partial charge on any atom is -0.406 e. The van der Waals surface area contributed by atoms with Crippen LogP contribution in [0.3, 0.4) is 0 Å². The molecule has 2 aliphatic heterocycles. The van der Waals surface area contributed by atoms with Gasteiger partial charge in [0.25, 0.3) is 0 Å². The predicted octanol–water partition coefficient (Wildman–Crippen LogP) is 4.01. The zero-order chi connectivity index (χ0) is 32.1. The quantitative estimate of drug-likeness (QED) is 0.392. The summed E-state index contributed by atoms with van der Waals surface area (Å²) in [6.07, 6.45) is -3.55. The van der Waals surface area contributed by atoms with E-state index in [2.05, 4.69) is 25.5 Å².